The Bertz CT molecular complexity index is 788. The molecule has 0 N–H and O–H groups in total. The number of fused-ring (bicyclic) bond motifs is 1. The molecule has 0 aliphatic carbocycles. The van der Waals surface area contributed by atoms with E-state index in [1.165, 1.54) is 10.9 Å². The minimum Gasteiger partial charge on any atom is -0.352 e. The number of hydrogen-bond donors (Lipinski definition) is 0. The summed E-state index contributed by atoms with van der Waals surface area (Å²) in [7, 11) is 0. The quantitative estimate of drug-likeness (QED) is 0.745. The first-order chi connectivity index (χ1) is 10.7. The van der Waals surface area contributed by atoms with Crippen molar-refractivity contribution in [3.05, 3.63) is 48.9 Å². The van der Waals surface area contributed by atoms with Crippen LogP contribution in [0.25, 0.3) is 10.8 Å². The molecule has 1 aliphatic rings. The number of anilines is 1. The van der Waals surface area contributed by atoms with Gasteiger partial charge in [0.1, 0.15) is 5.82 Å². The van der Waals surface area contributed by atoms with Crippen molar-refractivity contribution in [2.75, 3.05) is 18.0 Å². The topological polar surface area (TPSA) is 46.8 Å². The molecule has 0 aromatic carbocycles. The van der Waals surface area contributed by atoms with Crippen LogP contribution in [0.2, 0.25) is 0 Å². The summed E-state index contributed by atoms with van der Waals surface area (Å²) in [6.45, 7) is 6.34. The molecule has 4 heterocycles. The molecule has 3 aromatic rings. The van der Waals surface area contributed by atoms with Crippen molar-refractivity contribution in [1.29, 1.82) is 0 Å². The average molecular weight is 293 g/mol. The summed E-state index contributed by atoms with van der Waals surface area (Å²) in [5, 5.41) is 2.42. The molecule has 0 saturated carbocycles. The minimum atomic E-state index is 0.460. The van der Waals surface area contributed by atoms with Crippen LogP contribution in [-0.2, 0) is 0 Å². The standard InChI is InChI=1S/C17H19N5/c1-12(2)15-8-20-17(16-7-18-4-3-14(15)16)22-9-13(10-22)21-6-5-19-11-21/h3-8,11-13H,9-10H2,1-2H3. The first-order valence-corrected chi connectivity index (χ1v) is 7.69. The van der Waals surface area contributed by atoms with Gasteiger partial charge in [0, 0.05) is 49.5 Å². The summed E-state index contributed by atoms with van der Waals surface area (Å²) in [4.78, 5) is 15.5. The second-order valence-electron chi connectivity index (χ2n) is 6.18. The van der Waals surface area contributed by atoms with Crippen molar-refractivity contribution in [2.45, 2.75) is 25.8 Å². The highest BCUT2D eigenvalue weighted by molar-refractivity contribution is 5.94. The van der Waals surface area contributed by atoms with Crippen molar-refractivity contribution in [2.24, 2.45) is 0 Å². The normalized spacial score (nSPS) is 15.5. The van der Waals surface area contributed by atoms with Crippen LogP contribution >= 0.6 is 0 Å². The van der Waals surface area contributed by atoms with Gasteiger partial charge in [0.2, 0.25) is 0 Å². The molecule has 0 unspecified atom stereocenters. The smallest absolute Gasteiger partial charge is 0.138 e. The Morgan fingerprint density at radius 1 is 1.09 bits per heavy atom. The first kappa shape index (κ1) is 13.2. The fourth-order valence-corrected chi connectivity index (χ4v) is 3.11. The predicted octanol–water partition coefficient (Wildman–Crippen LogP) is 3.01. The molecule has 22 heavy (non-hydrogen) atoms. The molecule has 0 radical (unpaired) electrons. The van der Waals surface area contributed by atoms with Gasteiger partial charge in [0.15, 0.2) is 0 Å². The lowest BCUT2D eigenvalue weighted by Gasteiger charge is -2.41. The van der Waals surface area contributed by atoms with Gasteiger partial charge in [-0.2, -0.15) is 0 Å². The Labute approximate surface area is 129 Å². The minimum absolute atomic E-state index is 0.460. The van der Waals surface area contributed by atoms with Gasteiger partial charge in [-0.05, 0) is 22.9 Å². The van der Waals surface area contributed by atoms with Crippen molar-refractivity contribution in [3.63, 3.8) is 0 Å². The highest BCUT2D eigenvalue weighted by atomic mass is 15.3. The molecule has 112 valence electrons. The van der Waals surface area contributed by atoms with Gasteiger partial charge >= 0.3 is 0 Å². The van der Waals surface area contributed by atoms with Crippen molar-refractivity contribution < 1.29 is 0 Å². The van der Waals surface area contributed by atoms with Crippen molar-refractivity contribution in [3.8, 4) is 0 Å². The molecule has 5 heteroatoms. The number of imidazole rings is 1. The Morgan fingerprint density at radius 3 is 2.68 bits per heavy atom. The number of rotatable bonds is 3. The fourth-order valence-electron chi connectivity index (χ4n) is 3.11. The molecule has 1 saturated heterocycles. The van der Waals surface area contributed by atoms with Crippen LogP contribution in [0.4, 0.5) is 5.82 Å². The molecule has 3 aromatic heterocycles. The highest BCUT2D eigenvalue weighted by Gasteiger charge is 2.30. The van der Waals surface area contributed by atoms with E-state index < -0.39 is 0 Å². The van der Waals surface area contributed by atoms with E-state index in [2.05, 4.69) is 39.3 Å². The van der Waals surface area contributed by atoms with Crippen LogP contribution in [0.15, 0.2) is 43.4 Å². The van der Waals surface area contributed by atoms with Crippen LogP contribution in [0, 0.1) is 0 Å². The maximum Gasteiger partial charge on any atom is 0.138 e. The van der Waals surface area contributed by atoms with E-state index in [0.717, 1.165) is 24.3 Å². The van der Waals surface area contributed by atoms with Crippen molar-refractivity contribution >= 4 is 16.6 Å². The van der Waals surface area contributed by atoms with Gasteiger partial charge in [0.05, 0.1) is 12.4 Å². The number of pyridine rings is 2. The SMILES string of the molecule is CC(C)c1cnc(N2CC(n3ccnc3)C2)c2cnccc12. The van der Waals surface area contributed by atoms with E-state index >= 15 is 0 Å². The molecule has 0 atom stereocenters. The number of hydrogen-bond acceptors (Lipinski definition) is 4. The fraction of sp³-hybridized carbons (Fsp3) is 0.353. The summed E-state index contributed by atoms with van der Waals surface area (Å²) in [6, 6.07) is 2.59. The zero-order valence-corrected chi connectivity index (χ0v) is 12.8. The van der Waals surface area contributed by atoms with Crippen LogP contribution < -0.4 is 4.90 Å². The molecule has 1 aliphatic heterocycles. The van der Waals surface area contributed by atoms with Gasteiger partial charge in [-0.15, -0.1) is 0 Å². The van der Waals surface area contributed by atoms with Gasteiger partial charge in [-0.25, -0.2) is 9.97 Å². The van der Waals surface area contributed by atoms with E-state index in [0.29, 0.717) is 12.0 Å². The summed E-state index contributed by atoms with van der Waals surface area (Å²) in [5.41, 5.74) is 1.29. The molecular formula is C17H19N5. The summed E-state index contributed by atoms with van der Waals surface area (Å²) in [5.74, 6) is 1.51. The Morgan fingerprint density at radius 2 is 1.95 bits per heavy atom. The second kappa shape index (κ2) is 5.09. The molecule has 5 nitrogen and oxygen atoms in total. The van der Waals surface area contributed by atoms with Crippen LogP contribution in [0.1, 0.15) is 31.4 Å². The maximum atomic E-state index is 4.73. The first-order valence-electron chi connectivity index (χ1n) is 7.69. The zero-order chi connectivity index (χ0) is 15.1. The third kappa shape index (κ3) is 2.04. The maximum absolute atomic E-state index is 4.73. The monoisotopic (exact) mass is 293 g/mol. The van der Waals surface area contributed by atoms with Gasteiger partial charge in [-0.1, -0.05) is 13.8 Å². The Balaban J connectivity index is 1.68. The van der Waals surface area contributed by atoms with Gasteiger partial charge < -0.3 is 9.47 Å². The lowest BCUT2D eigenvalue weighted by Crippen LogP contribution is -2.48. The van der Waals surface area contributed by atoms with Gasteiger partial charge in [0.25, 0.3) is 0 Å². The van der Waals surface area contributed by atoms with E-state index in [4.69, 9.17) is 4.98 Å². The number of aromatic nitrogens is 4. The summed E-state index contributed by atoms with van der Waals surface area (Å²) < 4.78 is 2.17. The molecule has 0 amide bonds. The molecule has 0 spiro atoms. The van der Waals surface area contributed by atoms with Crippen LogP contribution in [0.5, 0.6) is 0 Å². The third-order valence-corrected chi connectivity index (χ3v) is 4.43. The third-order valence-electron chi connectivity index (χ3n) is 4.43. The number of nitrogens with zero attached hydrogens (tertiary/aromatic N) is 5. The molecule has 0 bridgehead atoms. The lowest BCUT2D eigenvalue weighted by atomic mass is 9.98. The Kier molecular flexibility index (Phi) is 3.06. The highest BCUT2D eigenvalue weighted by Crippen LogP contribution is 2.34. The second-order valence-corrected chi connectivity index (χ2v) is 6.18. The molecule has 4 rings (SSSR count). The van der Waals surface area contributed by atoms with Gasteiger partial charge in [-0.3, -0.25) is 4.98 Å². The van der Waals surface area contributed by atoms with Crippen LogP contribution in [-0.4, -0.2) is 32.6 Å². The molecule has 1 fully saturated rings. The average Bonchev–Trinajstić information content (AvgIpc) is 2.99. The van der Waals surface area contributed by atoms with E-state index in [1.54, 1.807) is 0 Å². The van der Waals surface area contributed by atoms with Crippen molar-refractivity contribution in [1.82, 2.24) is 19.5 Å². The predicted molar refractivity (Wildman–Crippen MR) is 87.1 cm³/mol. The Hall–Kier alpha value is -2.43. The van der Waals surface area contributed by atoms with E-state index in [-0.39, 0.29) is 0 Å². The largest absolute Gasteiger partial charge is 0.352 e. The lowest BCUT2D eigenvalue weighted by molar-refractivity contribution is 0.397. The summed E-state index contributed by atoms with van der Waals surface area (Å²) >= 11 is 0. The van der Waals surface area contributed by atoms with E-state index in [9.17, 15) is 0 Å². The summed E-state index contributed by atoms with van der Waals surface area (Å²) in [6.07, 6.45) is 11.6. The van der Waals surface area contributed by atoms with Crippen LogP contribution in [0.3, 0.4) is 0 Å². The zero-order valence-electron chi connectivity index (χ0n) is 12.8. The van der Waals surface area contributed by atoms with E-state index in [1.807, 2.05) is 37.3 Å². The molecular weight excluding hydrogens is 274 g/mol.